The molecule has 2 aromatic rings. The Labute approximate surface area is 164 Å². The second kappa shape index (κ2) is 8.10. The van der Waals surface area contributed by atoms with E-state index in [1.807, 2.05) is 27.8 Å². The molecule has 4 rings (SSSR count). The molecule has 148 valence electrons. The maximum atomic E-state index is 12.9. The van der Waals surface area contributed by atoms with Gasteiger partial charge in [0, 0.05) is 19.3 Å². The van der Waals surface area contributed by atoms with Crippen LogP contribution in [0.25, 0.3) is 0 Å². The van der Waals surface area contributed by atoms with Gasteiger partial charge in [-0.1, -0.05) is 13.0 Å². The zero-order chi connectivity index (χ0) is 19.5. The Hall–Kier alpha value is -2.74. The molecule has 2 aliphatic rings. The minimum Gasteiger partial charge on any atom is -0.345 e. The third kappa shape index (κ3) is 3.91. The molecule has 0 aliphatic carbocycles. The van der Waals surface area contributed by atoms with Crippen molar-refractivity contribution in [1.29, 1.82) is 0 Å². The fourth-order valence-corrected chi connectivity index (χ4v) is 3.91. The lowest BCUT2D eigenvalue weighted by Crippen LogP contribution is -2.42. The van der Waals surface area contributed by atoms with Crippen LogP contribution in [0, 0.1) is 5.92 Å². The molecule has 1 N–H and O–H groups in total. The molecule has 8 heteroatoms. The highest BCUT2D eigenvalue weighted by molar-refractivity contribution is 5.92. The van der Waals surface area contributed by atoms with E-state index in [1.165, 1.54) is 0 Å². The van der Waals surface area contributed by atoms with Crippen LogP contribution in [0.1, 0.15) is 35.2 Å². The largest absolute Gasteiger partial charge is 0.345 e. The normalized spacial score (nSPS) is 19.5. The minimum atomic E-state index is -0.222. The Morgan fingerprint density at radius 2 is 2.14 bits per heavy atom. The van der Waals surface area contributed by atoms with E-state index in [0.29, 0.717) is 31.9 Å². The summed E-state index contributed by atoms with van der Waals surface area (Å²) < 4.78 is 1.84. The summed E-state index contributed by atoms with van der Waals surface area (Å²) in [6, 6.07) is 7.39. The van der Waals surface area contributed by atoms with Crippen molar-refractivity contribution in [3.8, 4) is 0 Å². The molecule has 2 aromatic heterocycles. The first-order chi connectivity index (χ1) is 13.6. The van der Waals surface area contributed by atoms with Gasteiger partial charge in [0.15, 0.2) is 5.69 Å². The third-order valence-corrected chi connectivity index (χ3v) is 5.57. The molecule has 28 heavy (non-hydrogen) atoms. The van der Waals surface area contributed by atoms with Gasteiger partial charge in [-0.25, -0.2) is 0 Å². The summed E-state index contributed by atoms with van der Waals surface area (Å²) >= 11 is 0. The number of rotatable bonds is 5. The third-order valence-electron chi connectivity index (χ3n) is 5.57. The van der Waals surface area contributed by atoms with Crippen molar-refractivity contribution in [2.75, 3.05) is 26.2 Å². The monoisotopic (exact) mass is 382 g/mol. The Morgan fingerprint density at radius 1 is 1.25 bits per heavy atom. The van der Waals surface area contributed by atoms with Gasteiger partial charge in [-0.3, -0.25) is 19.3 Å². The number of hydrogen-bond acceptors (Lipinski definition) is 5. The van der Waals surface area contributed by atoms with Gasteiger partial charge in [0.2, 0.25) is 5.91 Å². The highest BCUT2D eigenvalue weighted by Gasteiger charge is 2.32. The molecular formula is C20H26N6O2. The summed E-state index contributed by atoms with van der Waals surface area (Å²) in [6.07, 6.45) is 2.64. The van der Waals surface area contributed by atoms with E-state index < -0.39 is 0 Å². The number of nitrogens with zero attached hydrogens (tertiary/aromatic N) is 5. The van der Waals surface area contributed by atoms with Crippen LogP contribution in [-0.2, 0) is 24.4 Å². The van der Waals surface area contributed by atoms with Gasteiger partial charge in [0.25, 0.3) is 5.91 Å². The number of carbonyl (C=O) groups excluding carboxylic acids is 2. The molecule has 0 saturated carbocycles. The Balaban J connectivity index is 1.36. The number of likely N-dealkylation sites (tertiary alicyclic amines) is 1. The topological polar surface area (TPSA) is 83.4 Å². The van der Waals surface area contributed by atoms with E-state index in [-0.39, 0.29) is 17.7 Å². The molecule has 4 heterocycles. The molecule has 2 amide bonds. The maximum absolute atomic E-state index is 12.9. The molecule has 2 aliphatic heterocycles. The second-order valence-corrected chi connectivity index (χ2v) is 7.39. The molecule has 1 fully saturated rings. The second-order valence-electron chi connectivity index (χ2n) is 7.39. The summed E-state index contributed by atoms with van der Waals surface area (Å²) in [6.45, 7) is 7.12. The first-order valence-electron chi connectivity index (χ1n) is 9.90. The summed E-state index contributed by atoms with van der Waals surface area (Å²) in [5.41, 5.74) is 2.10. The number of nitrogens with one attached hydrogen (secondary N) is 1. The lowest BCUT2D eigenvalue weighted by molar-refractivity contribution is -0.136. The molecule has 0 unspecified atom stereocenters. The van der Waals surface area contributed by atoms with Crippen LogP contribution < -0.4 is 5.32 Å². The number of pyridine rings is 1. The SMILES string of the molecule is CCN1CC[C@@H](C(=O)N2CCn3nc(C(=O)NCc4ccccn4)cc3C2)C1. The first-order valence-corrected chi connectivity index (χ1v) is 9.90. The van der Waals surface area contributed by atoms with E-state index in [0.717, 1.165) is 37.4 Å². The van der Waals surface area contributed by atoms with Crippen molar-refractivity contribution in [3.05, 3.63) is 47.5 Å². The number of amides is 2. The number of fused-ring (bicyclic) bond motifs is 1. The van der Waals surface area contributed by atoms with E-state index in [2.05, 4.69) is 27.2 Å². The lowest BCUT2D eigenvalue weighted by atomic mass is 10.1. The van der Waals surface area contributed by atoms with Crippen molar-refractivity contribution in [1.82, 2.24) is 29.9 Å². The van der Waals surface area contributed by atoms with Crippen LogP contribution in [0.2, 0.25) is 0 Å². The number of aromatic nitrogens is 3. The van der Waals surface area contributed by atoms with Gasteiger partial charge in [-0.2, -0.15) is 5.10 Å². The summed E-state index contributed by atoms with van der Waals surface area (Å²) in [7, 11) is 0. The Morgan fingerprint density at radius 3 is 2.89 bits per heavy atom. The summed E-state index contributed by atoms with van der Waals surface area (Å²) in [5, 5.41) is 7.27. The summed E-state index contributed by atoms with van der Waals surface area (Å²) in [4.78, 5) is 33.7. The van der Waals surface area contributed by atoms with Crippen LogP contribution in [0.4, 0.5) is 0 Å². The lowest BCUT2D eigenvalue weighted by Gasteiger charge is -2.29. The highest BCUT2D eigenvalue weighted by atomic mass is 16.2. The average molecular weight is 382 g/mol. The van der Waals surface area contributed by atoms with Crippen LogP contribution >= 0.6 is 0 Å². The van der Waals surface area contributed by atoms with Crippen LogP contribution in [0.15, 0.2) is 30.5 Å². The molecule has 1 saturated heterocycles. The molecule has 0 spiro atoms. The molecule has 8 nitrogen and oxygen atoms in total. The Kier molecular flexibility index (Phi) is 5.38. The number of carbonyl (C=O) groups is 2. The first kappa shape index (κ1) is 18.6. The van der Waals surface area contributed by atoms with E-state index >= 15 is 0 Å². The van der Waals surface area contributed by atoms with Crippen LogP contribution in [0.3, 0.4) is 0 Å². The maximum Gasteiger partial charge on any atom is 0.272 e. The molecule has 0 aromatic carbocycles. The smallest absolute Gasteiger partial charge is 0.272 e. The van der Waals surface area contributed by atoms with Crippen molar-refractivity contribution >= 4 is 11.8 Å². The standard InChI is InChI=1S/C20H26N6O2/c1-2-24-8-6-15(13-24)20(28)25-9-10-26-17(14-25)11-18(23-26)19(27)22-12-16-5-3-4-7-21-16/h3-5,7,11,15H,2,6,8-10,12-14H2,1H3,(H,22,27)/t15-/m1/s1. The van der Waals surface area contributed by atoms with Gasteiger partial charge in [0.05, 0.1) is 36.9 Å². The van der Waals surface area contributed by atoms with E-state index in [1.54, 1.807) is 12.3 Å². The van der Waals surface area contributed by atoms with Crippen molar-refractivity contribution in [3.63, 3.8) is 0 Å². The van der Waals surface area contributed by atoms with Crippen molar-refractivity contribution in [2.24, 2.45) is 5.92 Å². The highest BCUT2D eigenvalue weighted by Crippen LogP contribution is 2.22. The minimum absolute atomic E-state index is 0.0931. The van der Waals surface area contributed by atoms with E-state index in [4.69, 9.17) is 0 Å². The molecule has 0 radical (unpaired) electrons. The quantitative estimate of drug-likeness (QED) is 0.830. The van der Waals surface area contributed by atoms with Gasteiger partial charge in [-0.15, -0.1) is 0 Å². The van der Waals surface area contributed by atoms with Crippen molar-refractivity contribution in [2.45, 2.75) is 33.0 Å². The number of hydrogen-bond donors (Lipinski definition) is 1. The summed E-state index contributed by atoms with van der Waals surface area (Å²) in [5.74, 6) is 0.0972. The fraction of sp³-hybridized carbons (Fsp3) is 0.500. The van der Waals surface area contributed by atoms with Crippen LogP contribution in [0.5, 0.6) is 0 Å². The van der Waals surface area contributed by atoms with Gasteiger partial charge in [-0.05, 0) is 37.7 Å². The molecule has 0 bridgehead atoms. The molecular weight excluding hydrogens is 356 g/mol. The average Bonchev–Trinajstić information content (AvgIpc) is 3.38. The van der Waals surface area contributed by atoms with E-state index in [9.17, 15) is 9.59 Å². The fourth-order valence-electron chi connectivity index (χ4n) is 3.91. The van der Waals surface area contributed by atoms with Crippen molar-refractivity contribution < 1.29 is 9.59 Å². The van der Waals surface area contributed by atoms with Gasteiger partial charge in [0.1, 0.15) is 0 Å². The van der Waals surface area contributed by atoms with Gasteiger partial charge < -0.3 is 15.1 Å². The zero-order valence-electron chi connectivity index (χ0n) is 16.2. The molecule has 1 atom stereocenters. The predicted octanol–water partition coefficient (Wildman–Crippen LogP) is 0.892. The zero-order valence-corrected chi connectivity index (χ0v) is 16.2. The Bertz CT molecular complexity index is 850. The van der Waals surface area contributed by atoms with Crippen LogP contribution in [-0.4, -0.2) is 62.6 Å². The van der Waals surface area contributed by atoms with Gasteiger partial charge >= 0.3 is 0 Å². The predicted molar refractivity (Wildman–Crippen MR) is 103 cm³/mol.